The zero-order valence-corrected chi connectivity index (χ0v) is 11.4. The molecule has 0 spiro atoms. The molecule has 0 aliphatic carbocycles. The molecule has 17 heavy (non-hydrogen) atoms. The van der Waals surface area contributed by atoms with Crippen molar-refractivity contribution in [2.75, 3.05) is 18.0 Å². The van der Waals surface area contributed by atoms with Crippen molar-refractivity contribution in [1.29, 1.82) is 0 Å². The zero-order valence-electron chi connectivity index (χ0n) is 11.4. The molecule has 1 aromatic rings. The minimum Gasteiger partial charge on any atom is -0.365 e. The summed E-state index contributed by atoms with van der Waals surface area (Å²) in [5.74, 6) is 0.666. The van der Waals surface area contributed by atoms with Gasteiger partial charge in [0.25, 0.3) is 0 Å². The van der Waals surface area contributed by atoms with Gasteiger partial charge in [0.2, 0.25) is 0 Å². The summed E-state index contributed by atoms with van der Waals surface area (Å²) in [4.78, 5) is 2.56. The fourth-order valence-corrected chi connectivity index (χ4v) is 2.59. The number of piperazine rings is 1. The van der Waals surface area contributed by atoms with E-state index >= 15 is 0 Å². The smallest absolute Gasteiger partial charge is 0.0438 e. The molecule has 0 amide bonds. The van der Waals surface area contributed by atoms with Crippen molar-refractivity contribution in [2.24, 2.45) is 5.92 Å². The van der Waals surface area contributed by atoms with Crippen molar-refractivity contribution in [2.45, 2.75) is 39.3 Å². The van der Waals surface area contributed by atoms with Crippen molar-refractivity contribution in [3.8, 4) is 0 Å². The van der Waals surface area contributed by atoms with Crippen LogP contribution < -0.4 is 10.2 Å². The molecule has 1 unspecified atom stereocenters. The highest BCUT2D eigenvalue weighted by molar-refractivity contribution is 5.48. The Balaban J connectivity index is 2.26. The van der Waals surface area contributed by atoms with Gasteiger partial charge in [0.15, 0.2) is 0 Å². The molecule has 1 aliphatic heterocycles. The van der Waals surface area contributed by atoms with Gasteiger partial charge in [0.1, 0.15) is 0 Å². The third-order valence-corrected chi connectivity index (χ3v) is 3.61. The third kappa shape index (κ3) is 2.81. The average molecular weight is 232 g/mol. The molecule has 2 heteroatoms. The maximum absolute atomic E-state index is 3.65. The van der Waals surface area contributed by atoms with Crippen LogP contribution >= 0.6 is 0 Å². The Hall–Kier alpha value is -1.02. The molecule has 2 rings (SSSR count). The SMILES string of the molecule is CC(C)C1CNC(C)(C)CN1c1ccccc1. The number of nitrogens with zero attached hydrogens (tertiary/aromatic N) is 1. The number of anilines is 1. The second-order valence-electron chi connectivity index (χ2n) is 6.04. The number of hydrogen-bond donors (Lipinski definition) is 1. The van der Waals surface area contributed by atoms with E-state index in [9.17, 15) is 0 Å². The van der Waals surface area contributed by atoms with E-state index < -0.39 is 0 Å². The molecular weight excluding hydrogens is 208 g/mol. The second kappa shape index (κ2) is 4.69. The fraction of sp³-hybridized carbons (Fsp3) is 0.600. The maximum Gasteiger partial charge on any atom is 0.0438 e. The Morgan fingerprint density at radius 2 is 1.88 bits per heavy atom. The summed E-state index contributed by atoms with van der Waals surface area (Å²) >= 11 is 0. The van der Waals surface area contributed by atoms with Crippen LogP contribution in [0.5, 0.6) is 0 Å². The number of para-hydroxylation sites is 1. The van der Waals surface area contributed by atoms with Crippen LogP contribution in [0.15, 0.2) is 30.3 Å². The summed E-state index contributed by atoms with van der Waals surface area (Å²) < 4.78 is 0. The first-order valence-corrected chi connectivity index (χ1v) is 6.56. The van der Waals surface area contributed by atoms with E-state index in [1.807, 2.05) is 0 Å². The Kier molecular flexibility index (Phi) is 3.43. The molecule has 0 bridgehead atoms. The topological polar surface area (TPSA) is 15.3 Å². The van der Waals surface area contributed by atoms with Gasteiger partial charge in [0.05, 0.1) is 0 Å². The number of rotatable bonds is 2. The first-order valence-electron chi connectivity index (χ1n) is 6.56. The van der Waals surface area contributed by atoms with Crippen LogP contribution in [0.2, 0.25) is 0 Å². The van der Waals surface area contributed by atoms with E-state index in [1.54, 1.807) is 0 Å². The summed E-state index contributed by atoms with van der Waals surface area (Å²) in [5.41, 5.74) is 1.54. The van der Waals surface area contributed by atoms with Gasteiger partial charge in [-0.3, -0.25) is 0 Å². The predicted octanol–water partition coefficient (Wildman–Crippen LogP) is 2.90. The second-order valence-corrected chi connectivity index (χ2v) is 6.04. The van der Waals surface area contributed by atoms with E-state index in [1.165, 1.54) is 5.69 Å². The molecule has 1 atom stereocenters. The van der Waals surface area contributed by atoms with E-state index in [2.05, 4.69) is 68.2 Å². The fourth-order valence-electron chi connectivity index (χ4n) is 2.59. The molecule has 1 saturated heterocycles. The molecule has 1 fully saturated rings. The van der Waals surface area contributed by atoms with Crippen molar-refractivity contribution < 1.29 is 0 Å². The lowest BCUT2D eigenvalue weighted by atomic mass is 9.92. The number of benzene rings is 1. The van der Waals surface area contributed by atoms with Gasteiger partial charge in [0, 0.05) is 30.4 Å². The molecule has 1 aliphatic rings. The molecule has 0 saturated carbocycles. The lowest BCUT2D eigenvalue weighted by Crippen LogP contribution is -2.63. The quantitative estimate of drug-likeness (QED) is 0.843. The largest absolute Gasteiger partial charge is 0.365 e. The Morgan fingerprint density at radius 3 is 2.47 bits per heavy atom. The average Bonchev–Trinajstić information content (AvgIpc) is 2.28. The van der Waals surface area contributed by atoms with Crippen LogP contribution in [-0.2, 0) is 0 Å². The molecular formula is C15H24N2. The lowest BCUT2D eigenvalue weighted by Gasteiger charge is -2.47. The molecule has 94 valence electrons. The van der Waals surface area contributed by atoms with Gasteiger partial charge in [-0.1, -0.05) is 32.0 Å². The van der Waals surface area contributed by atoms with E-state index in [4.69, 9.17) is 0 Å². The van der Waals surface area contributed by atoms with Crippen LogP contribution in [-0.4, -0.2) is 24.7 Å². The molecule has 1 heterocycles. The molecule has 1 aromatic carbocycles. The van der Waals surface area contributed by atoms with Crippen molar-refractivity contribution in [3.63, 3.8) is 0 Å². The normalized spacial score (nSPS) is 24.1. The van der Waals surface area contributed by atoms with Crippen LogP contribution in [0.4, 0.5) is 5.69 Å². The Labute approximate surface area is 105 Å². The van der Waals surface area contributed by atoms with Crippen molar-refractivity contribution in [3.05, 3.63) is 30.3 Å². The Morgan fingerprint density at radius 1 is 1.24 bits per heavy atom. The highest BCUT2D eigenvalue weighted by atomic mass is 15.3. The first-order chi connectivity index (χ1) is 7.99. The minimum absolute atomic E-state index is 0.196. The lowest BCUT2D eigenvalue weighted by molar-refractivity contribution is 0.277. The van der Waals surface area contributed by atoms with E-state index in [0.717, 1.165) is 13.1 Å². The summed E-state index contributed by atoms with van der Waals surface area (Å²) in [6.45, 7) is 11.3. The highest BCUT2D eigenvalue weighted by Gasteiger charge is 2.33. The summed E-state index contributed by atoms with van der Waals surface area (Å²) in [6, 6.07) is 11.4. The van der Waals surface area contributed by atoms with Gasteiger partial charge in [-0.2, -0.15) is 0 Å². The molecule has 2 nitrogen and oxygen atoms in total. The molecule has 1 N–H and O–H groups in total. The minimum atomic E-state index is 0.196. The van der Waals surface area contributed by atoms with Crippen LogP contribution in [0.3, 0.4) is 0 Å². The predicted molar refractivity (Wildman–Crippen MR) is 74.5 cm³/mol. The molecule has 0 radical (unpaired) electrons. The van der Waals surface area contributed by atoms with Crippen LogP contribution in [0.1, 0.15) is 27.7 Å². The van der Waals surface area contributed by atoms with Gasteiger partial charge < -0.3 is 10.2 Å². The summed E-state index contributed by atoms with van der Waals surface area (Å²) in [7, 11) is 0. The van der Waals surface area contributed by atoms with Crippen molar-refractivity contribution >= 4 is 5.69 Å². The summed E-state index contributed by atoms with van der Waals surface area (Å²) in [6.07, 6.45) is 0. The maximum atomic E-state index is 3.65. The standard InChI is InChI=1S/C15H24N2/c1-12(2)14-10-16-15(3,4)11-17(14)13-8-6-5-7-9-13/h5-9,12,14,16H,10-11H2,1-4H3. The summed E-state index contributed by atoms with van der Waals surface area (Å²) in [5, 5.41) is 3.65. The van der Waals surface area contributed by atoms with Gasteiger partial charge >= 0.3 is 0 Å². The molecule has 0 aromatic heterocycles. The van der Waals surface area contributed by atoms with Crippen molar-refractivity contribution in [1.82, 2.24) is 5.32 Å². The van der Waals surface area contributed by atoms with Crippen LogP contribution in [0, 0.1) is 5.92 Å². The van der Waals surface area contributed by atoms with E-state index in [-0.39, 0.29) is 5.54 Å². The third-order valence-electron chi connectivity index (χ3n) is 3.61. The first kappa shape index (κ1) is 12.4. The van der Waals surface area contributed by atoms with E-state index in [0.29, 0.717) is 12.0 Å². The van der Waals surface area contributed by atoms with Gasteiger partial charge in [-0.15, -0.1) is 0 Å². The Bertz CT molecular complexity index is 356. The number of nitrogens with one attached hydrogen (secondary N) is 1. The van der Waals surface area contributed by atoms with Gasteiger partial charge in [-0.25, -0.2) is 0 Å². The highest BCUT2D eigenvalue weighted by Crippen LogP contribution is 2.26. The monoisotopic (exact) mass is 232 g/mol. The van der Waals surface area contributed by atoms with Gasteiger partial charge in [-0.05, 0) is 31.9 Å². The zero-order chi connectivity index (χ0) is 12.5. The number of hydrogen-bond acceptors (Lipinski definition) is 2. The van der Waals surface area contributed by atoms with Crippen LogP contribution in [0.25, 0.3) is 0 Å².